The fraction of sp³-hybridized carbons (Fsp3) is 0.438. The van der Waals surface area contributed by atoms with Crippen molar-refractivity contribution in [1.82, 2.24) is 15.6 Å². The molecule has 0 bridgehead atoms. The molecule has 0 saturated carbocycles. The molecule has 0 radical (unpaired) electrons. The van der Waals surface area contributed by atoms with Crippen molar-refractivity contribution in [2.45, 2.75) is 25.4 Å². The predicted octanol–water partition coefficient (Wildman–Crippen LogP) is 2.35. The standard InChI is InChI=1S/C16H21N3OS/c21-16(19-11-13-4-3-9-20-13)17-8-7-12-10-18-15-6-2-1-5-14(12)15/h1-2,5-6,10,13,18H,3-4,7-9,11H2,(H2,17,19,21). The lowest BCUT2D eigenvalue weighted by atomic mass is 10.1. The second kappa shape index (κ2) is 6.91. The molecule has 1 aliphatic rings. The summed E-state index contributed by atoms with van der Waals surface area (Å²) in [5.41, 5.74) is 2.51. The molecular formula is C16H21N3OS. The molecule has 1 atom stereocenters. The number of benzene rings is 1. The second-order valence-electron chi connectivity index (χ2n) is 5.38. The van der Waals surface area contributed by atoms with E-state index in [4.69, 9.17) is 17.0 Å². The number of H-pyrrole nitrogens is 1. The third kappa shape index (κ3) is 3.74. The van der Waals surface area contributed by atoms with Crippen LogP contribution in [0.25, 0.3) is 10.9 Å². The summed E-state index contributed by atoms with van der Waals surface area (Å²) < 4.78 is 5.56. The van der Waals surface area contributed by atoms with Crippen molar-refractivity contribution in [3.63, 3.8) is 0 Å². The number of aromatic amines is 1. The summed E-state index contributed by atoms with van der Waals surface area (Å²) in [5, 5.41) is 8.49. The van der Waals surface area contributed by atoms with E-state index in [9.17, 15) is 0 Å². The highest BCUT2D eigenvalue weighted by Gasteiger charge is 2.15. The maximum absolute atomic E-state index is 5.56. The predicted molar refractivity (Wildman–Crippen MR) is 89.6 cm³/mol. The molecule has 4 nitrogen and oxygen atoms in total. The van der Waals surface area contributed by atoms with E-state index < -0.39 is 0 Å². The lowest BCUT2D eigenvalue weighted by molar-refractivity contribution is 0.114. The molecule has 21 heavy (non-hydrogen) atoms. The number of ether oxygens (including phenoxy) is 1. The number of para-hydroxylation sites is 1. The monoisotopic (exact) mass is 303 g/mol. The molecule has 3 rings (SSSR count). The second-order valence-corrected chi connectivity index (χ2v) is 5.79. The number of rotatable bonds is 5. The van der Waals surface area contributed by atoms with Gasteiger partial charge in [0.05, 0.1) is 6.10 Å². The Bertz CT molecular complexity index is 604. The molecule has 1 fully saturated rings. The quantitative estimate of drug-likeness (QED) is 0.742. The summed E-state index contributed by atoms with van der Waals surface area (Å²) in [5.74, 6) is 0. The van der Waals surface area contributed by atoms with E-state index in [0.717, 1.165) is 39.0 Å². The Kier molecular flexibility index (Phi) is 4.72. The number of thiocarbonyl (C=S) groups is 1. The average Bonchev–Trinajstić information content (AvgIpc) is 3.15. The van der Waals surface area contributed by atoms with Gasteiger partial charge in [-0.2, -0.15) is 0 Å². The van der Waals surface area contributed by atoms with Crippen LogP contribution in [0, 0.1) is 0 Å². The molecule has 3 N–H and O–H groups in total. The fourth-order valence-corrected chi connectivity index (χ4v) is 2.91. The minimum atomic E-state index is 0.318. The van der Waals surface area contributed by atoms with Crippen LogP contribution >= 0.6 is 12.2 Å². The van der Waals surface area contributed by atoms with Gasteiger partial charge in [0.25, 0.3) is 0 Å². The zero-order valence-electron chi connectivity index (χ0n) is 12.0. The minimum Gasteiger partial charge on any atom is -0.376 e. The normalized spacial score (nSPS) is 18.0. The van der Waals surface area contributed by atoms with Crippen molar-refractivity contribution in [3.8, 4) is 0 Å². The van der Waals surface area contributed by atoms with E-state index in [1.807, 2.05) is 6.07 Å². The molecular weight excluding hydrogens is 282 g/mol. The van der Waals surface area contributed by atoms with E-state index >= 15 is 0 Å². The van der Waals surface area contributed by atoms with Gasteiger partial charge in [-0.3, -0.25) is 0 Å². The Hall–Kier alpha value is -1.59. The van der Waals surface area contributed by atoms with Crippen LogP contribution in [0.4, 0.5) is 0 Å². The highest BCUT2D eigenvalue weighted by molar-refractivity contribution is 7.80. The number of hydrogen-bond acceptors (Lipinski definition) is 2. The summed E-state index contributed by atoms with van der Waals surface area (Å²) in [6.45, 7) is 2.52. The van der Waals surface area contributed by atoms with Crippen LogP contribution in [0.3, 0.4) is 0 Å². The molecule has 5 heteroatoms. The SMILES string of the molecule is S=C(NCCc1c[nH]c2ccccc12)NCC1CCCO1. The maximum atomic E-state index is 5.56. The largest absolute Gasteiger partial charge is 0.376 e. The van der Waals surface area contributed by atoms with Gasteiger partial charge in [0.15, 0.2) is 5.11 Å². The molecule has 1 aromatic carbocycles. The number of aromatic nitrogens is 1. The van der Waals surface area contributed by atoms with Gasteiger partial charge in [0.1, 0.15) is 0 Å². The Labute approximate surface area is 130 Å². The van der Waals surface area contributed by atoms with Gasteiger partial charge in [-0.25, -0.2) is 0 Å². The summed E-state index contributed by atoms with van der Waals surface area (Å²) in [4.78, 5) is 3.30. The third-order valence-electron chi connectivity index (χ3n) is 3.87. The molecule has 0 spiro atoms. The van der Waals surface area contributed by atoms with Crippen LogP contribution in [-0.4, -0.2) is 35.9 Å². The van der Waals surface area contributed by atoms with Crippen molar-refractivity contribution >= 4 is 28.2 Å². The molecule has 0 amide bonds. The molecule has 2 heterocycles. The van der Waals surface area contributed by atoms with Gasteiger partial charge < -0.3 is 20.4 Å². The van der Waals surface area contributed by atoms with Gasteiger partial charge in [-0.15, -0.1) is 0 Å². The van der Waals surface area contributed by atoms with Crippen molar-refractivity contribution in [3.05, 3.63) is 36.0 Å². The van der Waals surface area contributed by atoms with Crippen molar-refractivity contribution < 1.29 is 4.74 Å². The molecule has 2 aromatic rings. The van der Waals surface area contributed by atoms with Crippen molar-refractivity contribution in [2.75, 3.05) is 19.7 Å². The third-order valence-corrected chi connectivity index (χ3v) is 4.16. The zero-order valence-corrected chi connectivity index (χ0v) is 12.8. The molecule has 112 valence electrons. The summed E-state index contributed by atoms with van der Waals surface area (Å²) in [6, 6.07) is 8.36. The van der Waals surface area contributed by atoms with Crippen LogP contribution in [0.15, 0.2) is 30.5 Å². The highest BCUT2D eigenvalue weighted by Crippen LogP contribution is 2.17. The first-order chi connectivity index (χ1) is 10.3. The lowest BCUT2D eigenvalue weighted by Crippen LogP contribution is -2.40. The number of nitrogens with one attached hydrogen (secondary N) is 3. The Morgan fingerprint density at radius 2 is 2.24 bits per heavy atom. The van der Waals surface area contributed by atoms with E-state index in [1.54, 1.807) is 0 Å². The van der Waals surface area contributed by atoms with Crippen molar-refractivity contribution in [2.24, 2.45) is 0 Å². The molecule has 1 aromatic heterocycles. The van der Waals surface area contributed by atoms with E-state index in [1.165, 1.54) is 16.5 Å². The molecule has 0 aliphatic carbocycles. The van der Waals surface area contributed by atoms with Crippen molar-refractivity contribution in [1.29, 1.82) is 0 Å². The van der Waals surface area contributed by atoms with Gasteiger partial charge in [0, 0.05) is 36.8 Å². The summed E-state index contributed by atoms with van der Waals surface area (Å²) >= 11 is 5.29. The average molecular weight is 303 g/mol. The lowest BCUT2D eigenvalue weighted by Gasteiger charge is -2.13. The molecule has 1 aliphatic heterocycles. The highest BCUT2D eigenvalue weighted by atomic mass is 32.1. The Balaban J connectivity index is 1.42. The van der Waals surface area contributed by atoms with E-state index in [0.29, 0.717) is 11.2 Å². The first kappa shape index (κ1) is 14.4. The summed E-state index contributed by atoms with van der Waals surface area (Å²) in [7, 11) is 0. The number of fused-ring (bicyclic) bond motifs is 1. The minimum absolute atomic E-state index is 0.318. The number of hydrogen-bond donors (Lipinski definition) is 3. The first-order valence-corrected chi connectivity index (χ1v) is 7.92. The maximum Gasteiger partial charge on any atom is 0.166 e. The van der Waals surface area contributed by atoms with Gasteiger partial charge in [-0.1, -0.05) is 18.2 Å². The van der Waals surface area contributed by atoms with Crippen LogP contribution in [0.1, 0.15) is 18.4 Å². The van der Waals surface area contributed by atoms with Crippen LogP contribution < -0.4 is 10.6 Å². The molecule has 1 saturated heterocycles. The van der Waals surface area contributed by atoms with Gasteiger partial charge in [0.2, 0.25) is 0 Å². The van der Waals surface area contributed by atoms with Crippen LogP contribution in [0.2, 0.25) is 0 Å². The van der Waals surface area contributed by atoms with Crippen LogP contribution in [-0.2, 0) is 11.2 Å². The van der Waals surface area contributed by atoms with E-state index in [2.05, 4.69) is 40.0 Å². The fourth-order valence-electron chi connectivity index (χ4n) is 2.72. The topological polar surface area (TPSA) is 49.1 Å². The Morgan fingerprint density at radius 1 is 1.33 bits per heavy atom. The zero-order chi connectivity index (χ0) is 14.5. The van der Waals surface area contributed by atoms with Gasteiger partial charge >= 0.3 is 0 Å². The smallest absolute Gasteiger partial charge is 0.166 e. The first-order valence-electron chi connectivity index (χ1n) is 7.51. The van der Waals surface area contributed by atoms with Gasteiger partial charge in [-0.05, 0) is 43.1 Å². The summed E-state index contributed by atoms with van der Waals surface area (Å²) in [6.07, 6.45) is 5.64. The molecule has 1 unspecified atom stereocenters. The van der Waals surface area contributed by atoms with E-state index in [-0.39, 0.29) is 0 Å². The van der Waals surface area contributed by atoms with Crippen LogP contribution in [0.5, 0.6) is 0 Å². The Morgan fingerprint density at radius 3 is 3.10 bits per heavy atom.